The fraction of sp³-hybridized carbons (Fsp3) is 0.231. The summed E-state index contributed by atoms with van der Waals surface area (Å²) in [6, 6.07) is 29.2. The summed E-state index contributed by atoms with van der Waals surface area (Å²) >= 11 is 1.57. The number of hydrogen-bond acceptors (Lipinski definition) is 3. The van der Waals surface area contributed by atoms with Crippen molar-refractivity contribution in [1.29, 1.82) is 0 Å². The first-order valence-corrected chi connectivity index (χ1v) is 11.5. The Morgan fingerprint density at radius 2 is 1.32 bits per heavy atom. The van der Waals surface area contributed by atoms with Crippen LogP contribution in [0.1, 0.15) is 16.7 Å². The SMILES string of the molecule is CNC(=O)[C@@H](Cc1ccccc1)N(Cc1ccccc1)C(=O)CSCc1ccccc1. The number of amides is 2. The predicted molar refractivity (Wildman–Crippen MR) is 128 cm³/mol. The Morgan fingerprint density at radius 3 is 1.87 bits per heavy atom. The smallest absolute Gasteiger partial charge is 0.242 e. The van der Waals surface area contributed by atoms with Gasteiger partial charge >= 0.3 is 0 Å². The maximum absolute atomic E-state index is 13.3. The van der Waals surface area contributed by atoms with Crippen LogP contribution >= 0.6 is 11.8 Å². The van der Waals surface area contributed by atoms with E-state index in [0.29, 0.717) is 18.7 Å². The molecule has 31 heavy (non-hydrogen) atoms. The maximum atomic E-state index is 13.3. The summed E-state index contributed by atoms with van der Waals surface area (Å²) in [6.45, 7) is 0.399. The summed E-state index contributed by atoms with van der Waals surface area (Å²) in [5.41, 5.74) is 3.21. The molecule has 0 heterocycles. The lowest BCUT2D eigenvalue weighted by Crippen LogP contribution is -2.50. The van der Waals surface area contributed by atoms with E-state index in [4.69, 9.17) is 0 Å². The topological polar surface area (TPSA) is 49.4 Å². The summed E-state index contributed by atoms with van der Waals surface area (Å²) < 4.78 is 0. The second kappa shape index (κ2) is 12.0. The Morgan fingerprint density at radius 1 is 0.806 bits per heavy atom. The Hall–Kier alpha value is -3.05. The van der Waals surface area contributed by atoms with Gasteiger partial charge in [-0.25, -0.2) is 0 Å². The molecule has 4 nitrogen and oxygen atoms in total. The van der Waals surface area contributed by atoms with E-state index in [2.05, 4.69) is 17.4 Å². The van der Waals surface area contributed by atoms with Crippen LogP contribution < -0.4 is 5.32 Å². The number of nitrogens with one attached hydrogen (secondary N) is 1. The van der Waals surface area contributed by atoms with Crippen molar-refractivity contribution in [3.05, 3.63) is 108 Å². The van der Waals surface area contributed by atoms with Crippen molar-refractivity contribution in [2.24, 2.45) is 0 Å². The van der Waals surface area contributed by atoms with Gasteiger partial charge in [0.25, 0.3) is 0 Å². The van der Waals surface area contributed by atoms with Crippen molar-refractivity contribution in [3.63, 3.8) is 0 Å². The lowest BCUT2D eigenvalue weighted by molar-refractivity contribution is -0.139. The molecule has 1 N–H and O–H groups in total. The van der Waals surface area contributed by atoms with Gasteiger partial charge in [0.05, 0.1) is 5.75 Å². The first kappa shape index (κ1) is 22.6. The zero-order chi connectivity index (χ0) is 21.9. The third kappa shape index (κ3) is 7.00. The molecule has 0 spiro atoms. The van der Waals surface area contributed by atoms with Crippen LogP contribution in [0, 0.1) is 0 Å². The van der Waals surface area contributed by atoms with Crippen molar-refractivity contribution < 1.29 is 9.59 Å². The van der Waals surface area contributed by atoms with Gasteiger partial charge in [0, 0.05) is 25.8 Å². The van der Waals surface area contributed by atoms with Crippen LogP contribution in [-0.4, -0.2) is 35.6 Å². The lowest BCUT2D eigenvalue weighted by atomic mass is 10.0. The van der Waals surface area contributed by atoms with E-state index in [1.165, 1.54) is 5.56 Å². The second-order valence-electron chi connectivity index (χ2n) is 7.31. The molecule has 160 valence electrons. The van der Waals surface area contributed by atoms with Crippen LogP contribution in [0.2, 0.25) is 0 Å². The second-order valence-corrected chi connectivity index (χ2v) is 8.29. The molecule has 3 aromatic rings. The third-order valence-corrected chi connectivity index (χ3v) is 6.04. The number of thioether (sulfide) groups is 1. The molecular formula is C26H28N2O2S. The highest BCUT2D eigenvalue weighted by atomic mass is 32.2. The van der Waals surface area contributed by atoms with Gasteiger partial charge in [-0.2, -0.15) is 0 Å². The van der Waals surface area contributed by atoms with Gasteiger partial charge < -0.3 is 10.2 Å². The molecule has 0 unspecified atom stereocenters. The van der Waals surface area contributed by atoms with Gasteiger partial charge in [-0.3, -0.25) is 9.59 Å². The highest BCUT2D eigenvalue weighted by Crippen LogP contribution is 2.18. The van der Waals surface area contributed by atoms with Gasteiger partial charge in [0.15, 0.2) is 0 Å². The van der Waals surface area contributed by atoms with Crippen LogP contribution in [0.25, 0.3) is 0 Å². The van der Waals surface area contributed by atoms with Crippen LogP contribution in [0.4, 0.5) is 0 Å². The van der Waals surface area contributed by atoms with E-state index in [-0.39, 0.29) is 11.8 Å². The van der Waals surface area contributed by atoms with E-state index in [1.807, 2.05) is 78.9 Å². The van der Waals surface area contributed by atoms with Crippen molar-refractivity contribution >= 4 is 23.6 Å². The van der Waals surface area contributed by atoms with Crippen molar-refractivity contribution in [2.75, 3.05) is 12.8 Å². The first-order valence-electron chi connectivity index (χ1n) is 10.4. The van der Waals surface area contributed by atoms with E-state index in [1.54, 1.807) is 23.7 Å². The van der Waals surface area contributed by atoms with Gasteiger partial charge in [-0.15, -0.1) is 11.8 Å². The van der Waals surface area contributed by atoms with Crippen LogP contribution in [0.3, 0.4) is 0 Å². The van der Waals surface area contributed by atoms with Crippen molar-refractivity contribution in [2.45, 2.75) is 24.8 Å². The molecule has 3 aromatic carbocycles. The maximum Gasteiger partial charge on any atom is 0.242 e. The van der Waals surface area contributed by atoms with Crippen molar-refractivity contribution in [3.8, 4) is 0 Å². The van der Waals surface area contributed by atoms with E-state index in [0.717, 1.165) is 16.9 Å². The van der Waals surface area contributed by atoms with E-state index in [9.17, 15) is 9.59 Å². The minimum absolute atomic E-state index is 0.0330. The first-order chi connectivity index (χ1) is 15.2. The minimum Gasteiger partial charge on any atom is -0.357 e. The Kier molecular flexibility index (Phi) is 8.73. The highest BCUT2D eigenvalue weighted by molar-refractivity contribution is 7.99. The molecule has 0 saturated heterocycles. The predicted octanol–water partition coefficient (Wildman–Crippen LogP) is 4.31. The number of benzene rings is 3. The Bertz CT molecular complexity index is 949. The number of likely N-dealkylation sites (N-methyl/N-ethyl adjacent to an activating group) is 1. The minimum atomic E-state index is -0.572. The molecule has 3 rings (SSSR count). The highest BCUT2D eigenvalue weighted by Gasteiger charge is 2.29. The molecule has 0 aromatic heterocycles. The molecule has 5 heteroatoms. The molecule has 0 bridgehead atoms. The Balaban J connectivity index is 1.78. The van der Waals surface area contributed by atoms with Gasteiger partial charge in [-0.05, 0) is 16.7 Å². The summed E-state index contributed by atoms with van der Waals surface area (Å²) in [4.78, 5) is 27.9. The fourth-order valence-electron chi connectivity index (χ4n) is 3.41. The molecule has 0 aliphatic rings. The molecule has 1 atom stereocenters. The van der Waals surface area contributed by atoms with Crippen LogP contribution in [-0.2, 0) is 28.3 Å². The molecule has 2 amide bonds. The van der Waals surface area contributed by atoms with Crippen LogP contribution in [0.15, 0.2) is 91.0 Å². The standard InChI is InChI=1S/C26H28N2O2S/c1-27-26(30)24(17-21-11-5-2-6-12-21)28(18-22-13-7-3-8-14-22)25(29)20-31-19-23-15-9-4-10-16-23/h2-16,24H,17-20H2,1H3,(H,27,30)/t24-/m1/s1. The molecule has 0 aliphatic carbocycles. The third-order valence-electron chi connectivity index (χ3n) is 5.05. The zero-order valence-corrected chi connectivity index (χ0v) is 18.6. The van der Waals surface area contributed by atoms with Crippen LogP contribution in [0.5, 0.6) is 0 Å². The summed E-state index contributed by atoms with van der Waals surface area (Å²) in [7, 11) is 1.62. The fourth-order valence-corrected chi connectivity index (χ4v) is 4.28. The van der Waals surface area contributed by atoms with E-state index >= 15 is 0 Å². The number of carbonyl (C=O) groups is 2. The number of hydrogen-bond donors (Lipinski definition) is 1. The summed E-state index contributed by atoms with van der Waals surface area (Å²) in [5.74, 6) is 0.898. The summed E-state index contributed by atoms with van der Waals surface area (Å²) in [5, 5.41) is 2.75. The van der Waals surface area contributed by atoms with Gasteiger partial charge in [0.2, 0.25) is 11.8 Å². The molecule has 0 radical (unpaired) electrons. The lowest BCUT2D eigenvalue weighted by Gasteiger charge is -2.31. The average Bonchev–Trinajstić information content (AvgIpc) is 2.82. The number of nitrogens with zero attached hydrogens (tertiary/aromatic N) is 1. The monoisotopic (exact) mass is 432 g/mol. The number of rotatable bonds is 10. The zero-order valence-electron chi connectivity index (χ0n) is 17.7. The largest absolute Gasteiger partial charge is 0.357 e. The van der Waals surface area contributed by atoms with Gasteiger partial charge in [0.1, 0.15) is 6.04 Å². The quantitative estimate of drug-likeness (QED) is 0.519. The van der Waals surface area contributed by atoms with Crippen molar-refractivity contribution in [1.82, 2.24) is 10.2 Å². The number of carbonyl (C=O) groups excluding carboxylic acids is 2. The molecule has 0 fully saturated rings. The van der Waals surface area contributed by atoms with E-state index < -0.39 is 6.04 Å². The normalized spacial score (nSPS) is 11.5. The molecular weight excluding hydrogens is 404 g/mol. The summed E-state index contributed by atoms with van der Waals surface area (Å²) in [6.07, 6.45) is 0.475. The molecule has 0 saturated carbocycles. The average molecular weight is 433 g/mol. The van der Waals surface area contributed by atoms with Gasteiger partial charge in [-0.1, -0.05) is 91.0 Å². The molecule has 0 aliphatic heterocycles. The Labute approximate surface area is 188 Å².